The number of rotatable bonds is 3. The molecular weight excluding hydrogens is 262 g/mol. The van der Waals surface area contributed by atoms with Crippen LogP contribution >= 0.6 is 11.3 Å². The van der Waals surface area contributed by atoms with Gasteiger partial charge in [0.2, 0.25) is 0 Å². The minimum absolute atomic E-state index is 0.408. The van der Waals surface area contributed by atoms with E-state index in [0.717, 1.165) is 0 Å². The number of hydrogen-bond donors (Lipinski definition) is 1. The summed E-state index contributed by atoms with van der Waals surface area (Å²) in [6, 6.07) is 10.1. The van der Waals surface area contributed by atoms with Gasteiger partial charge in [0.15, 0.2) is 0 Å². The molecular formula is C18H23NS. The van der Waals surface area contributed by atoms with E-state index in [9.17, 15) is 0 Å². The molecule has 1 aromatic carbocycles. The Morgan fingerprint density at radius 1 is 1.20 bits per heavy atom. The fourth-order valence-electron chi connectivity index (χ4n) is 3.09. The second-order valence-corrected chi connectivity index (χ2v) is 6.98. The second kappa shape index (κ2) is 5.71. The highest BCUT2D eigenvalue weighted by Gasteiger charge is 2.22. The molecule has 0 amide bonds. The molecule has 1 heterocycles. The van der Waals surface area contributed by atoms with Crippen LogP contribution in [0.15, 0.2) is 29.6 Å². The number of thiophene rings is 1. The van der Waals surface area contributed by atoms with Crippen molar-refractivity contribution in [3.8, 4) is 0 Å². The fourth-order valence-corrected chi connectivity index (χ4v) is 4.08. The van der Waals surface area contributed by atoms with Crippen molar-refractivity contribution in [2.75, 3.05) is 0 Å². The van der Waals surface area contributed by atoms with Gasteiger partial charge in [-0.2, -0.15) is 0 Å². The SMILES string of the molecule is Cc1ccc(C(C)NC2CCCc3sccc32)cc1C. The molecule has 0 bridgehead atoms. The van der Waals surface area contributed by atoms with Crippen LogP contribution in [0.1, 0.15) is 59.0 Å². The zero-order chi connectivity index (χ0) is 14.1. The van der Waals surface area contributed by atoms with Gasteiger partial charge in [0.05, 0.1) is 0 Å². The zero-order valence-corrected chi connectivity index (χ0v) is 13.4. The lowest BCUT2D eigenvalue weighted by molar-refractivity contribution is 0.418. The summed E-state index contributed by atoms with van der Waals surface area (Å²) < 4.78 is 0. The first kappa shape index (κ1) is 13.8. The van der Waals surface area contributed by atoms with Crippen LogP contribution in [0.5, 0.6) is 0 Å². The Morgan fingerprint density at radius 3 is 2.85 bits per heavy atom. The van der Waals surface area contributed by atoms with Crippen molar-refractivity contribution in [2.45, 2.75) is 52.1 Å². The molecule has 0 saturated carbocycles. The van der Waals surface area contributed by atoms with E-state index < -0.39 is 0 Å². The second-order valence-electron chi connectivity index (χ2n) is 5.98. The molecule has 20 heavy (non-hydrogen) atoms. The van der Waals surface area contributed by atoms with Gasteiger partial charge in [0.1, 0.15) is 0 Å². The van der Waals surface area contributed by atoms with Crippen LogP contribution in [0.4, 0.5) is 0 Å². The normalized spacial score (nSPS) is 19.6. The highest BCUT2D eigenvalue weighted by molar-refractivity contribution is 7.10. The van der Waals surface area contributed by atoms with Crippen molar-refractivity contribution in [1.29, 1.82) is 0 Å². The van der Waals surface area contributed by atoms with Crippen LogP contribution in [-0.2, 0) is 6.42 Å². The molecule has 2 atom stereocenters. The molecule has 0 radical (unpaired) electrons. The van der Waals surface area contributed by atoms with Gasteiger partial charge in [-0.05, 0) is 73.7 Å². The molecule has 1 N–H and O–H groups in total. The Kier molecular flexibility index (Phi) is 3.95. The number of aryl methyl sites for hydroxylation is 3. The summed E-state index contributed by atoms with van der Waals surface area (Å²) >= 11 is 1.92. The number of nitrogens with one attached hydrogen (secondary N) is 1. The van der Waals surface area contributed by atoms with Crippen LogP contribution in [0, 0.1) is 13.8 Å². The maximum absolute atomic E-state index is 3.83. The highest BCUT2D eigenvalue weighted by Crippen LogP contribution is 2.34. The summed E-state index contributed by atoms with van der Waals surface area (Å²) in [6.45, 7) is 6.66. The predicted octanol–water partition coefficient (Wildman–Crippen LogP) is 5.09. The summed E-state index contributed by atoms with van der Waals surface area (Å²) in [4.78, 5) is 1.58. The lowest BCUT2D eigenvalue weighted by Crippen LogP contribution is -2.27. The molecule has 1 aromatic heterocycles. The third kappa shape index (κ3) is 2.68. The summed E-state index contributed by atoms with van der Waals surface area (Å²) in [7, 11) is 0. The van der Waals surface area contributed by atoms with Gasteiger partial charge in [-0.1, -0.05) is 18.2 Å². The summed E-state index contributed by atoms with van der Waals surface area (Å²) in [5.74, 6) is 0. The maximum atomic E-state index is 3.83. The molecule has 2 heteroatoms. The summed E-state index contributed by atoms with van der Waals surface area (Å²) in [5.41, 5.74) is 5.70. The third-order valence-corrected chi connectivity index (χ3v) is 5.53. The predicted molar refractivity (Wildman–Crippen MR) is 87.5 cm³/mol. The van der Waals surface area contributed by atoms with E-state index in [2.05, 4.69) is 55.7 Å². The summed E-state index contributed by atoms with van der Waals surface area (Å²) in [5, 5.41) is 6.07. The quantitative estimate of drug-likeness (QED) is 0.828. The van der Waals surface area contributed by atoms with Crippen molar-refractivity contribution in [1.82, 2.24) is 5.32 Å². The van der Waals surface area contributed by atoms with E-state index in [-0.39, 0.29) is 0 Å². The molecule has 1 aliphatic rings. The molecule has 0 aliphatic heterocycles. The average Bonchev–Trinajstić information content (AvgIpc) is 2.91. The van der Waals surface area contributed by atoms with E-state index in [1.54, 1.807) is 4.88 Å². The molecule has 0 saturated heterocycles. The van der Waals surface area contributed by atoms with E-state index in [0.29, 0.717) is 12.1 Å². The van der Waals surface area contributed by atoms with Crippen molar-refractivity contribution in [3.05, 3.63) is 56.8 Å². The largest absolute Gasteiger partial charge is 0.303 e. The molecule has 106 valence electrons. The Hall–Kier alpha value is -1.12. The van der Waals surface area contributed by atoms with Gasteiger partial charge < -0.3 is 5.32 Å². The molecule has 3 rings (SSSR count). The smallest absolute Gasteiger partial charge is 0.0336 e. The lowest BCUT2D eigenvalue weighted by atomic mass is 9.92. The molecule has 0 spiro atoms. The van der Waals surface area contributed by atoms with Crippen molar-refractivity contribution in [3.63, 3.8) is 0 Å². The average molecular weight is 285 g/mol. The van der Waals surface area contributed by atoms with Crippen LogP contribution in [0.3, 0.4) is 0 Å². The van der Waals surface area contributed by atoms with Crippen molar-refractivity contribution >= 4 is 11.3 Å². The van der Waals surface area contributed by atoms with E-state index >= 15 is 0 Å². The first-order valence-corrected chi connectivity index (χ1v) is 8.42. The number of fused-ring (bicyclic) bond motifs is 1. The monoisotopic (exact) mass is 285 g/mol. The Labute approximate surface area is 126 Å². The maximum Gasteiger partial charge on any atom is 0.0336 e. The van der Waals surface area contributed by atoms with Gasteiger partial charge in [-0.3, -0.25) is 0 Å². The topological polar surface area (TPSA) is 12.0 Å². The number of benzene rings is 1. The molecule has 0 fully saturated rings. The van der Waals surface area contributed by atoms with Gasteiger partial charge >= 0.3 is 0 Å². The van der Waals surface area contributed by atoms with E-state index in [1.165, 1.54) is 41.5 Å². The van der Waals surface area contributed by atoms with Gasteiger partial charge in [-0.15, -0.1) is 11.3 Å². The molecule has 1 nitrogen and oxygen atoms in total. The molecule has 1 aliphatic carbocycles. The van der Waals surface area contributed by atoms with Crippen molar-refractivity contribution < 1.29 is 0 Å². The molecule has 2 unspecified atom stereocenters. The van der Waals surface area contributed by atoms with E-state index in [4.69, 9.17) is 0 Å². The summed E-state index contributed by atoms with van der Waals surface area (Å²) in [6.07, 6.45) is 3.84. The minimum Gasteiger partial charge on any atom is -0.303 e. The van der Waals surface area contributed by atoms with Crippen LogP contribution in [0.25, 0.3) is 0 Å². The van der Waals surface area contributed by atoms with Gasteiger partial charge in [-0.25, -0.2) is 0 Å². The van der Waals surface area contributed by atoms with Crippen LogP contribution < -0.4 is 5.32 Å². The zero-order valence-electron chi connectivity index (χ0n) is 12.6. The fraction of sp³-hybridized carbons (Fsp3) is 0.444. The Bertz CT molecular complexity index is 599. The van der Waals surface area contributed by atoms with Gasteiger partial charge in [0.25, 0.3) is 0 Å². The Balaban J connectivity index is 1.77. The van der Waals surface area contributed by atoms with Crippen molar-refractivity contribution in [2.24, 2.45) is 0 Å². The number of hydrogen-bond acceptors (Lipinski definition) is 2. The van der Waals surface area contributed by atoms with Crippen LogP contribution in [0.2, 0.25) is 0 Å². The van der Waals surface area contributed by atoms with Gasteiger partial charge in [0, 0.05) is 17.0 Å². The lowest BCUT2D eigenvalue weighted by Gasteiger charge is -2.27. The standard InChI is InChI=1S/C18H23NS/c1-12-7-8-15(11-13(12)2)14(3)19-17-5-4-6-18-16(17)9-10-20-18/h7-11,14,17,19H,4-6H2,1-3H3. The minimum atomic E-state index is 0.408. The first-order chi connectivity index (χ1) is 9.65. The first-order valence-electron chi connectivity index (χ1n) is 7.54. The van der Waals surface area contributed by atoms with Crippen LogP contribution in [-0.4, -0.2) is 0 Å². The third-order valence-electron chi connectivity index (χ3n) is 4.53. The highest BCUT2D eigenvalue weighted by atomic mass is 32.1. The van der Waals surface area contributed by atoms with E-state index in [1.807, 2.05) is 11.3 Å². The Morgan fingerprint density at radius 2 is 2.05 bits per heavy atom. The molecule has 2 aromatic rings.